The molecule has 11 heteroatoms. The van der Waals surface area contributed by atoms with Gasteiger partial charge in [0.1, 0.15) is 12.4 Å². The van der Waals surface area contributed by atoms with Gasteiger partial charge in [-0.1, -0.05) is 12.1 Å². The summed E-state index contributed by atoms with van der Waals surface area (Å²) in [5.41, 5.74) is 0.781. The SMILES string of the molecule is CC(=O)Nc1ncccc1-c1ccc2c3c(cnn3C3CCCCO3)c(=O)n(CC(F)(F)F)c2c1. The van der Waals surface area contributed by atoms with Crippen LogP contribution < -0.4 is 10.9 Å². The average molecular weight is 485 g/mol. The topological polar surface area (TPSA) is 91.0 Å². The molecule has 3 aromatic heterocycles. The lowest BCUT2D eigenvalue weighted by atomic mass is 10.0. The Morgan fingerprint density at radius 2 is 2.06 bits per heavy atom. The molecule has 0 radical (unpaired) electrons. The molecule has 4 heterocycles. The smallest absolute Gasteiger partial charge is 0.356 e. The van der Waals surface area contributed by atoms with Crippen molar-refractivity contribution in [3.63, 3.8) is 0 Å². The molecule has 0 saturated carbocycles. The first-order valence-electron chi connectivity index (χ1n) is 11.2. The van der Waals surface area contributed by atoms with Gasteiger partial charge >= 0.3 is 6.18 Å². The third-order valence-corrected chi connectivity index (χ3v) is 5.99. The Morgan fingerprint density at radius 1 is 1.23 bits per heavy atom. The summed E-state index contributed by atoms with van der Waals surface area (Å²) in [6, 6.07) is 8.27. The summed E-state index contributed by atoms with van der Waals surface area (Å²) < 4.78 is 48.7. The minimum absolute atomic E-state index is 0.101. The minimum atomic E-state index is -4.61. The number of nitrogens with zero attached hydrogens (tertiary/aromatic N) is 4. The molecular formula is C24H22F3N5O3. The second kappa shape index (κ2) is 8.81. The summed E-state index contributed by atoms with van der Waals surface area (Å²) in [5.74, 6) is -0.0661. The number of halogens is 3. The van der Waals surface area contributed by atoms with Gasteiger partial charge in [-0.25, -0.2) is 9.67 Å². The van der Waals surface area contributed by atoms with Crippen molar-refractivity contribution >= 4 is 33.5 Å². The molecule has 4 aromatic rings. The first-order chi connectivity index (χ1) is 16.7. The highest BCUT2D eigenvalue weighted by molar-refractivity contribution is 6.05. The molecule has 182 valence electrons. The van der Waals surface area contributed by atoms with Crippen LogP contribution in [-0.4, -0.2) is 38.0 Å². The predicted octanol–water partition coefficient (Wildman–Crippen LogP) is 4.63. The lowest BCUT2D eigenvalue weighted by Crippen LogP contribution is -2.29. The van der Waals surface area contributed by atoms with Crippen LogP contribution >= 0.6 is 0 Å². The molecule has 0 spiro atoms. The Hall–Kier alpha value is -3.73. The van der Waals surface area contributed by atoms with E-state index in [1.807, 2.05) is 0 Å². The molecule has 1 aromatic carbocycles. The Labute approximate surface area is 197 Å². The van der Waals surface area contributed by atoms with Gasteiger partial charge in [-0.2, -0.15) is 18.3 Å². The number of nitrogens with one attached hydrogen (secondary N) is 1. The molecule has 1 aliphatic rings. The number of aromatic nitrogens is 4. The third-order valence-electron chi connectivity index (χ3n) is 5.99. The Balaban J connectivity index is 1.78. The van der Waals surface area contributed by atoms with E-state index in [0.29, 0.717) is 35.1 Å². The van der Waals surface area contributed by atoms with Gasteiger partial charge in [0.25, 0.3) is 5.56 Å². The Bertz CT molecular complexity index is 1490. The lowest BCUT2D eigenvalue weighted by molar-refractivity contribution is -0.140. The van der Waals surface area contributed by atoms with Crippen LogP contribution in [0, 0.1) is 0 Å². The quantitative estimate of drug-likeness (QED) is 0.455. The van der Waals surface area contributed by atoms with Crippen molar-refractivity contribution in [3.8, 4) is 11.1 Å². The first-order valence-corrected chi connectivity index (χ1v) is 11.2. The molecule has 1 N–H and O–H groups in total. The number of anilines is 1. The van der Waals surface area contributed by atoms with Crippen LogP contribution in [-0.2, 0) is 16.1 Å². The van der Waals surface area contributed by atoms with Gasteiger partial charge in [0.2, 0.25) is 5.91 Å². The van der Waals surface area contributed by atoms with Gasteiger partial charge in [-0.3, -0.25) is 14.2 Å². The number of pyridine rings is 2. The number of alkyl halides is 3. The fourth-order valence-electron chi connectivity index (χ4n) is 4.54. The van der Waals surface area contributed by atoms with Crippen molar-refractivity contribution in [1.82, 2.24) is 19.3 Å². The number of rotatable bonds is 4. The van der Waals surface area contributed by atoms with Gasteiger partial charge in [0.05, 0.1) is 22.6 Å². The van der Waals surface area contributed by atoms with Crippen LogP contribution in [0.4, 0.5) is 19.0 Å². The molecule has 1 aliphatic heterocycles. The zero-order valence-electron chi connectivity index (χ0n) is 18.8. The summed E-state index contributed by atoms with van der Waals surface area (Å²) in [6.07, 6.45) is 0.336. The van der Waals surface area contributed by atoms with Crippen LogP contribution in [0.25, 0.3) is 32.9 Å². The number of benzene rings is 1. The van der Waals surface area contributed by atoms with E-state index in [-0.39, 0.29) is 22.6 Å². The van der Waals surface area contributed by atoms with Crippen molar-refractivity contribution < 1.29 is 22.7 Å². The van der Waals surface area contributed by atoms with E-state index in [1.54, 1.807) is 28.9 Å². The number of amides is 1. The number of hydrogen-bond acceptors (Lipinski definition) is 5. The van der Waals surface area contributed by atoms with Crippen molar-refractivity contribution in [2.75, 3.05) is 11.9 Å². The largest absolute Gasteiger partial charge is 0.406 e. The number of hydrogen-bond donors (Lipinski definition) is 1. The number of ether oxygens (including phenoxy) is 1. The maximum atomic E-state index is 13.5. The summed E-state index contributed by atoms with van der Waals surface area (Å²) in [5, 5.41) is 7.52. The first kappa shape index (κ1) is 23.0. The summed E-state index contributed by atoms with van der Waals surface area (Å²) in [6.45, 7) is 0.440. The van der Waals surface area contributed by atoms with Crippen molar-refractivity contribution in [3.05, 3.63) is 53.1 Å². The highest BCUT2D eigenvalue weighted by Gasteiger charge is 2.31. The van der Waals surface area contributed by atoms with Gasteiger partial charge in [-0.05, 0) is 43.0 Å². The van der Waals surface area contributed by atoms with Crippen molar-refractivity contribution in [1.29, 1.82) is 0 Å². The fourth-order valence-corrected chi connectivity index (χ4v) is 4.54. The molecular weight excluding hydrogens is 463 g/mol. The number of carbonyl (C=O) groups is 1. The second-order valence-corrected chi connectivity index (χ2v) is 8.49. The Morgan fingerprint density at radius 3 is 2.77 bits per heavy atom. The van der Waals surface area contributed by atoms with Crippen LogP contribution in [0.1, 0.15) is 32.4 Å². The van der Waals surface area contributed by atoms with Gasteiger partial charge in [0, 0.05) is 30.7 Å². The molecule has 1 fully saturated rings. The normalized spacial score (nSPS) is 16.6. The maximum absolute atomic E-state index is 13.5. The van der Waals surface area contributed by atoms with Gasteiger partial charge in [-0.15, -0.1) is 0 Å². The summed E-state index contributed by atoms with van der Waals surface area (Å²) >= 11 is 0. The van der Waals surface area contributed by atoms with E-state index < -0.39 is 24.5 Å². The second-order valence-electron chi connectivity index (χ2n) is 8.49. The molecule has 8 nitrogen and oxygen atoms in total. The van der Waals surface area contributed by atoms with Crippen LogP contribution in [0.2, 0.25) is 0 Å². The molecule has 5 rings (SSSR count). The molecule has 0 bridgehead atoms. The molecule has 0 aliphatic carbocycles. The molecule has 35 heavy (non-hydrogen) atoms. The summed E-state index contributed by atoms with van der Waals surface area (Å²) in [7, 11) is 0. The van der Waals surface area contributed by atoms with Crippen molar-refractivity contribution in [2.45, 2.75) is 45.1 Å². The highest BCUT2D eigenvalue weighted by Crippen LogP contribution is 2.34. The lowest BCUT2D eigenvalue weighted by Gasteiger charge is -2.24. The minimum Gasteiger partial charge on any atom is -0.356 e. The predicted molar refractivity (Wildman–Crippen MR) is 124 cm³/mol. The third kappa shape index (κ3) is 4.39. The van der Waals surface area contributed by atoms with E-state index in [9.17, 15) is 22.8 Å². The van der Waals surface area contributed by atoms with Crippen LogP contribution in [0.3, 0.4) is 0 Å². The van der Waals surface area contributed by atoms with Crippen LogP contribution in [0.5, 0.6) is 0 Å². The maximum Gasteiger partial charge on any atom is 0.406 e. The van der Waals surface area contributed by atoms with Crippen LogP contribution in [0.15, 0.2) is 47.5 Å². The van der Waals surface area contributed by atoms with E-state index in [1.165, 1.54) is 25.4 Å². The van der Waals surface area contributed by atoms with Gasteiger partial charge in [0.15, 0.2) is 6.23 Å². The number of carbonyl (C=O) groups excluding carboxylic acids is 1. The fraction of sp³-hybridized carbons (Fsp3) is 0.333. The van der Waals surface area contributed by atoms with Crippen molar-refractivity contribution in [2.24, 2.45) is 0 Å². The monoisotopic (exact) mass is 485 g/mol. The number of fused-ring (bicyclic) bond motifs is 3. The van der Waals surface area contributed by atoms with Gasteiger partial charge < -0.3 is 10.1 Å². The molecule has 1 atom stereocenters. The summed E-state index contributed by atoms with van der Waals surface area (Å²) in [4.78, 5) is 29.1. The molecule has 1 unspecified atom stereocenters. The van der Waals surface area contributed by atoms with E-state index in [4.69, 9.17) is 4.74 Å². The zero-order valence-corrected chi connectivity index (χ0v) is 18.8. The highest BCUT2D eigenvalue weighted by atomic mass is 19.4. The molecule has 1 amide bonds. The van der Waals surface area contributed by atoms with E-state index in [0.717, 1.165) is 17.4 Å². The van der Waals surface area contributed by atoms with E-state index in [2.05, 4.69) is 15.4 Å². The van der Waals surface area contributed by atoms with E-state index >= 15 is 0 Å². The zero-order chi connectivity index (χ0) is 24.7. The Kier molecular flexibility index (Phi) is 5.79. The standard InChI is InChI=1S/C24H22F3N5O3/c1-14(33)30-22-16(5-4-9-28-22)15-7-8-17-19(11-15)31(13-24(25,26)27)23(34)18-12-29-32(21(17)18)20-6-2-3-10-35-20/h4-5,7-9,11-12,20H,2-3,6,10,13H2,1H3,(H,28,30,33). The molecule has 1 saturated heterocycles. The average Bonchev–Trinajstić information content (AvgIpc) is 3.27.